The molecule has 0 aliphatic rings. The summed E-state index contributed by atoms with van der Waals surface area (Å²) in [5.74, 6) is -1.09. The fraction of sp³-hybridized carbons (Fsp3) is 0.462. The van der Waals surface area contributed by atoms with Gasteiger partial charge in [-0.1, -0.05) is 13.3 Å². The Hall–Kier alpha value is -2.15. The predicted molar refractivity (Wildman–Crippen MR) is 71.3 cm³/mol. The number of carbonyl (C=O) groups is 1. The second-order valence-electron chi connectivity index (χ2n) is 4.06. The maximum Gasteiger partial charge on any atom is 0.342 e. The summed E-state index contributed by atoms with van der Waals surface area (Å²) in [4.78, 5) is 20.9. The van der Waals surface area contributed by atoms with Crippen molar-refractivity contribution in [3.05, 3.63) is 33.9 Å². The van der Waals surface area contributed by atoms with Crippen LogP contribution in [-0.4, -0.2) is 35.8 Å². The normalized spacial score (nSPS) is 10.2. The second-order valence-corrected chi connectivity index (χ2v) is 4.06. The van der Waals surface area contributed by atoms with Crippen molar-refractivity contribution in [2.75, 3.05) is 19.8 Å². The van der Waals surface area contributed by atoms with Crippen LogP contribution in [0.25, 0.3) is 0 Å². The van der Waals surface area contributed by atoms with Gasteiger partial charge in [0, 0.05) is 6.61 Å². The third-order valence-electron chi connectivity index (χ3n) is 2.53. The molecule has 110 valence electrons. The van der Waals surface area contributed by atoms with Crippen LogP contribution in [0, 0.1) is 10.1 Å². The van der Waals surface area contributed by atoms with Gasteiger partial charge in [0.2, 0.25) is 0 Å². The van der Waals surface area contributed by atoms with Crippen LogP contribution in [0.15, 0.2) is 18.2 Å². The fourth-order valence-electron chi connectivity index (χ4n) is 1.50. The van der Waals surface area contributed by atoms with Crippen LogP contribution in [0.4, 0.5) is 5.69 Å². The third kappa shape index (κ3) is 4.85. The largest absolute Gasteiger partial charge is 0.491 e. The molecule has 0 radical (unpaired) electrons. The van der Waals surface area contributed by atoms with E-state index in [2.05, 4.69) is 6.92 Å². The van der Waals surface area contributed by atoms with Gasteiger partial charge in [-0.2, -0.15) is 0 Å². The smallest absolute Gasteiger partial charge is 0.342 e. The van der Waals surface area contributed by atoms with Crippen LogP contribution >= 0.6 is 0 Å². The quantitative estimate of drug-likeness (QED) is 0.424. The molecule has 0 spiro atoms. The Labute approximate surface area is 116 Å². The fourth-order valence-corrected chi connectivity index (χ4v) is 1.50. The monoisotopic (exact) mass is 283 g/mol. The molecule has 0 aromatic heterocycles. The minimum absolute atomic E-state index is 0.251. The topological polar surface area (TPSA) is 98.9 Å². The molecule has 0 saturated heterocycles. The molecule has 0 saturated carbocycles. The highest BCUT2D eigenvalue weighted by Gasteiger charge is 2.20. The van der Waals surface area contributed by atoms with E-state index in [1.807, 2.05) is 0 Å². The van der Waals surface area contributed by atoms with Gasteiger partial charge in [-0.15, -0.1) is 0 Å². The highest BCUT2D eigenvalue weighted by atomic mass is 16.6. The predicted octanol–water partition coefficient (Wildman–Crippen LogP) is 2.49. The van der Waals surface area contributed by atoms with E-state index in [-0.39, 0.29) is 17.9 Å². The standard InChI is InChI=1S/C13H17NO6/c1-2-3-6-19-7-8-20-10-4-5-11(13(15)16)12(9-10)14(17)18/h4-5,9H,2-3,6-8H2,1H3,(H,15,16). The van der Waals surface area contributed by atoms with Crippen molar-refractivity contribution < 1.29 is 24.3 Å². The maximum atomic E-state index is 10.8. The lowest BCUT2D eigenvalue weighted by atomic mass is 10.2. The summed E-state index contributed by atoms with van der Waals surface area (Å²) in [6.45, 7) is 3.35. The number of rotatable bonds is 9. The molecule has 1 aromatic carbocycles. The first kappa shape index (κ1) is 15.9. The van der Waals surface area contributed by atoms with Gasteiger partial charge in [0.25, 0.3) is 5.69 Å². The van der Waals surface area contributed by atoms with E-state index >= 15 is 0 Å². The number of nitro benzene ring substituents is 1. The van der Waals surface area contributed by atoms with Crippen LogP contribution in [-0.2, 0) is 4.74 Å². The SMILES string of the molecule is CCCCOCCOc1ccc(C(=O)O)c([N+](=O)[O-])c1. The van der Waals surface area contributed by atoms with E-state index < -0.39 is 16.6 Å². The molecule has 20 heavy (non-hydrogen) atoms. The molecule has 0 bridgehead atoms. The highest BCUT2D eigenvalue weighted by Crippen LogP contribution is 2.24. The number of hydrogen-bond donors (Lipinski definition) is 1. The van der Waals surface area contributed by atoms with Gasteiger partial charge in [-0.05, 0) is 18.6 Å². The Balaban J connectivity index is 2.57. The first-order valence-corrected chi connectivity index (χ1v) is 6.28. The molecule has 7 nitrogen and oxygen atoms in total. The van der Waals surface area contributed by atoms with Crippen molar-refractivity contribution >= 4 is 11.7 Å². The van der Waals surface area contributed by atoms with Gasteiger partial charge in [-0.3, -0.25) is 10.1 Å². The second kappa shape index (κ2) is 8.11. The van der Waals surface area contributed by atoms with Crippen LogP contribution in [0.5, 0.6) is 5.75 Å². The van der Waals surface area contributed by atoms with E-state index in [0.717, 1.165) is 25.0 Å². The number of carboxylic acids is 1. The van der Waals surface area contributed by atoms with Crippen molar-refractivity contribution in [3.63, 3.8) is 0 Å². The van der Waals surface area contributed by atoms with Gasteiger partial charge >= 0.3 is 5.97 Å². The first-order chi connectivity index (χ1) is 9.56. The zero-order chi connectivity index (χ0) is 15.0. The Morgan fingerprint density at radius 3 is 2.70 bits per heavy atom. The highest BCUT2D eigenvalue weighted by molar-refractivity contribution is 5.92. The number of nitro groups is 1. The molecular weight excluding hydrogens is 266 g/mol. The number of unbranched alkanes of at least 4 members (excludes halogenated alkanes) is 1. The zero-order valence-electron chi connectivity index (χ0n) is 11.2. The molecule has 0 heterocycles. The molecule has 1 rings (SSSR count). The number of aromatic carboxylic acids is 1. The molecule has 0 fully saturated rings. The molecule has 0 atom stereocenters. The molecule has 0 unspecified atom stereocenters. The minimum atomic E-state index is -1.34. The van der Waals surface area contributed by atoms with E-state index in [4.69, 9.17) is 14.6 Å². The van der Waals surface area contributed by atoms with Crippen LogP contribution < -0.4 is 4.74 Å². The van der Waals surface area contributed by atoms with E-state index in [1.54, 1.807) is 0 Å². The lowest BCUT2D eigenvalue weighted by Crippen LogP contribution is -2.08. The van der Waals surface area contributed by atoms with Crippen LogP contribution in [0.3, 0.4) is 0 Å². The molecule has 0 amide bonds. The summed E-state index contributed by atoms with van der Waals surface area (Å²) in [5, 5.41) is 19.6. The van der Waals surface area contributed by atoms with Crippen molar-refractivity contribution in [3.8, 4) is 5.75 Å². The third-order valence-corrected chi connectivity index (χ3v) is 2.53. The van der Waals surface area contributed by atoms with E-state index in [1.165, 1.54) is 6.07 Å². The van der Waals surface area contributed by atoms with Gasteiger partial charge in [0.05, 0.1) is 17.6 Å². The Kier molecular flexibility index (Phi) is 6.45. The summed E-state index contributed by atoms with van der Waals surface area (Å²) < 4.78 is 10.6. The minimum Gasteiger partial charge on any atom is -0.491 e. The summed E-state index contributed by atoms with van der Waals surface area (Å²) in [6.07, 6.45) is 2.02. The summed E-state index contributed by atoms with van der Waals surface area (Å²) in [7, 11) is 0. The van der Waals surface area contributed by atoms with Crippen molar-refractivity contribution in [2.24, 2.45) is 0 Å². The van der Waals surface area contributed by atoms with Gasteiger partial charge in [0.15, 0.2) is 0 Å². The molecular formula is C13H17NO6. The van der Waals surface area contributed by atoms with Crippen molar-refractivity contribution in [1.29, 1.82) is 0 Å². The zero-order valence-corrected chi connectivity index (χ0v) is 11.2. The van der Waals surface area contributed by atoms with E-state index in [9.17, 15) is 14.9 Å². The lowest BCUT2D eigenvalue weighted by molar-refractivity contribution is -0.385. The van der Waals surface area contributed by atoms with Gasteiger partial charge in [-0.25, -0.2) is 4.79 Å². The Morgan fingerprint density at radius 1 is 1.35 bits per heavy atom. The Bertz CT molecular complexity index is 474. The summed E-state index contributed by atoms with van der Waals surface area (Å²) in [6, 6.07) is 3.66. The molecule has 0 aliphatic heterocycles. The van der Waals surface area contributed by atoms with Crippen molar-refractivity contribution in [2.45, 2.75) is 19.8 Å². The lowest BCUT2D eigenvalue weighted by Gasteiger charge is -2.07. The number of ether oxygens (including phenoxy) is 2. The number of benzene rings is 1. The average Bonchev–Trinajstić information content (AvgIpc) is 2.42. The van der Waals surface area contributed by atoms with Gasteiger partial charge in [0.1, 0.15) is 17.9 Å². The number of carboxylic acid groups (broad SMARTS) is 1. The average molecular weight is 283 g/mol. The first-order valence-electron chi connectivity index (χ1n) is 6.28. The molecule has 1 aromatic rings. The van der Waals surface area contributed by atoms with E-state index in [0.29, 0.717) is 13.2 Å². The van der Waals surface area contributed by atoms with Crippen molar-refractivity contribution in [1.82, 2.24) is 0 Å². The number of hydrogen-bond acceptors (Lipinski definition) is 5. The molecule has 7 heteroatoms. The number of nitrogens with zero attached hydrogens (tertiary/aromatic N) is 1. The summed E-state index contributed by atoms with van der Waals surface area (Å²) in [5.41, 5.74) is -0.844. The van der Waals surface area contributed by atoms with Crippen LogP contribution in [0.2, 0.25) is 0 Å². The van der Waals surface area contributed by atoms with Crippen LogP contribution in [0.1, 0.15) is 30.1 Å². The molecule has 1 N–H and O–H groups in total. The Morgan fingerprint density at radius 2 is 2.10 bits per heavy atom. The maximum absolute atomic E-state index is 10.8. The molecule has 0 aliphatic carbocycles. The summed E-state index contributed by atoms with van der Waals surface area (Å²) >= 11 is 0. The van der Waals surface area contributed by atoms with Gasteiger partial charge < -0.3 is 14.6 Å².